The van der Waals surface area contributed by atoms with Crippen LogP contribution in [0.1, 0.15) is 44.0 Å². The van der Waals surface area contributed by atoms with E-state index in [1.165, 1.54) is 11.1 Å². The van der Waals surface area contributed by atoms with Crippen LogP contribution in [0, 0.1) is 13.8 Å². The molecule has 0 saturated carbocycles. The minimum atomic E-state index is 0.212. The smallest absolute Gasteiger partial charge is 0.218 e. The van der Waals surface area contributed by atoms with Crippen molar-refractivity contribution in [1.82, 2.24) is 10.3 Å². The van der Waals surface area contributed by atoms with Gasteiger partial charge in [0.15, 0.2) is 0 Å². The molecule has 0 aliphatic rings. The van der Waals surface area contributed by atoms with Crippen LogP contribution < -0.4 is 10.1 Å². The lowest BCUT2D eigenvalue weighted by Gasteiger charge is -2.17. The summed E-state index contributed by atoms with van der Waals surface area (Å²) in [6.07, 6.45) is 1.21. The summed E-state index contributed by atoms with van der Waals surface area (Å²) in [6, 6.07) is 2.11. The van der Waals surface area contributed by atoms with Crippen molar-refractivity contribution in [2.75, 3.05) is 6.54 Å². The minimum Gasteiger partial charge on any atom is -0.474 e. The van der Waals surface area contributed by atoms with E-state index in [1.54, 1.807) is 0 Å². The number of rotatable bonds is 6. The Kier molecular flexibility index (Phi) is 5.42. The number of hydrogen-bond acceptors (Lipinski definition) is 3. The first-order valence-electron chi connectivity index (χ1n) is 6.42. The Labute approximate surface area is 105 Å². The Morgan fingerprint density at radius 1 is 1.35 bits per heavy atom. The molecule has 0 saturated heterocycles. The van der Waals surface area contributed by atoms with Crippen molar-refractivity contribution in [3.8, 4) is 5.88 Å². The van der Waals surface area contributed by atoms with Gasteiger partial charge in [0.05, 0.1) is 6.10 Å². The topological polar surface area (TPSA) is 34.2 Å². The zero-order valence-corrected chi connectivity index (χ0v) is 11.6. The summed E-state index contributed by atoms with van der Waals surface area (Å²) in [4.78, 5) is 4.51. The van der Waals surface area contributed by atoms with Gasteiger partial charge in [-0.15, -0.1) is 0 Å². The van der Waals surface area contributed by atoms with Crippen molar-refractivity contribution in [1.29, 1.82) is 0 Å². The van der Waals surface area contributed by atoms with Crippen molar-refractivity contribution in [2.45, 2.75) is 53.7 Å². The standard InChI is InChI=1S/C14H24N2O/c1-6-12(5)17-14-13(9-15-7-2)10(3)8-11(4)16-14/h8,12,15H,6-7,9H2,1-5H3. The Morgan fingerprint density at radius 2 is 2.06 bits per heavy atom. The number of nitrogens with one attached hydrogen (secondary N) is 1. The molecule has 0 amide bonds. The van der Waals surface area contributed by atoms with Gasteiger partial charge in [-0.05, 0) is 45.4 Å². The molecule has 1 N–H and O–H groups in total. The molecule has 17 heavy (non-hydrogen) atoms. The predicted octanol–water partition coefficient (Wildman–Crippen LogP) is 2.99. The molecular formula is C14H24N2O. The second kappa shape index (κ2) is 6.60. The highest BCUT2D eigenvalue weighted by atomic mass is 16.5. The van der Waals surface area contributed by atoms with E-state index >= 15 is 0 Å². The third-order valence-electron chi connectivity index (χ3n) is 2.88. The van der Waals surface area contributed by atoms with E-state index in [0.717, 1.165) is 31.1 Å². The monoisotopic (exact) mass is 236 g/mol. The van der Waals surface area contributed by atoms with Gasteiger partial charge in [-0.3, -0.25) is 0 Å². The summed E-state index contributed by atoms with van der Waals surface area (Å²) in [5.74, 6) is 0.790. The Balaban J connectivity index is 2.97. The fraction of sp³-hybridized carbons (Fsp3) is 0.643. The zero-order chi connectivity index (χ0) is 12.8. The van der Waals surface area contributed by atoms with Gasteiger partial charge in [-0.2, -0.15) is 0 Å². The average Bonchev–Trinajstić information content (AvgIpc) is 2.27. The van der Waals surface area contributed by atoms with E-state index in [0.29, 0.717) is 0 Å². The van der Waals surface area contributed by atoms with Crippen LogP contribution in [0.2, 0.25) is 0 Å². The molecular weight excluding hydrogens is 212 g/mol. The molecule has 1 aromatic rings. The van der Waals surface area contributed by atoms with Crippen molar-refractivity contribution in [2.24, 2.45) is 0 Å². The maximum absolute atomic E-state index is 5.90. The Hall–Kier alpha value is -1.09. The molecule has 96 valence electrons. The predicted molar refractivity (Wildman–Crippen MR) is 71.5 cm³/mol. The first-order valence-corrected chi connectivity index (χ1v) is 6.42. The van der Waals surface area contributed by atoms with E-state index < -0.39 is 0 Å². The second-order valence-electron chi connectivity index (χ2n) is 4.48. The molecule has 0 fully saturated rings. The van der Waals surface area contributed by atoms with E-state index in [-0.39, 0.29) is 6.10 Å². The van der Waals surface area contributed by atoms with Crippen LogP contribution in [0.3, 0.4) is 0 Å². The minimum absolute atomic E-state index is 0.212. The van der Waals surface area contributed by atoms with Crippen molar-refractivity contribution < 1.29 is 4.74 Å². The quantitative estimate of drug-likeness (QED) is 0.824. The maximum atomic E-state index is 5.90. The van der Waals surface area contributed by atoms with Crippen LogP contribution in [0.25, 0.3) is 0 Å². The van der Waals surface area contributed by atoms with Crippen LogP contribution in [-0.2, 0) is 6.54 Å². The molecule has 0 spiro atoms. The molecule has 0 bridgehead atoms. The lowest BCUT2D eigenvalue weighted by atomic mass is 10.1. The lowest BCUT2D eigenvalue weighted by molar-refractivity contribution is 0.205. The Bertz CT molecular complexity index is 363. The highest BCUT2D eigenvalue weighted by molar-refractivity contribution is 5.36. The van der Waals surface area contributed by atoms with Gasteiger partial charge in [0.1, 0.15) is 0 Å². The molecule has 0 aliphatic heterocycles. The number of hydrogen-bond donors (Lipinski definition) is 1. The van der Waals surface area contributed by atoms with Crippen LogP contribution in [0.4, 0.5) is 0 Å². The largest absolute Gasteiger partial charge is 0.474 e. The molecule has 0 aromatic carbocycles. The number of ether oxygens (including phenoxy) is 1. The summed E-state index contributed by atoms with van der Waals surface area (Å²) in [6.45, 7) is 12.2. The van der Waals surface area contributed by atoms with Gasteiger partial charge in [-0.25, -0.2) is 4.98 Å². The van der Waals surface area contributed by atoms with Crippen LogP contribution in [-0.4, -0.2) is 17.6 Å². The van der Waals surface area contributed by atoms with Crippen molar-refractivity contribution in [3.63, 3.8) is 0 Å². The van der Waals surface area contributed by atoms with Crippen LogP contribution in [0.5, 0.6) is 5.88 Å². The normalized spacial score (nSPS) is 12.5. The summed E-state index contributed by atoms with van der Waals surface area (Å²) in [5.41, 5.74) is 3.44. The molecule has 3 nitrogen and oxygen atoms in total. The first kappa shape index (κ1) is 14.0. The van der Waals surface area contributed by atoms with E-state index in [1.807, 2.05) is 6.92 Å². The number of aromatic nitrogens is 1. The molecule has 1 unspecified atom stereocenters. The summed E-state index contributed by atoms with van der Waals surface area (Å²) >= 11 is 0. The van der Waals surface area contributed by atoms with Gasteiger partial charge in [0.2, 0.25) is 5.88 Å². The zero-order valence-electron chi connectivity index (χ0n) is 11.6. The first-order chi connectivity index (χ1) is 8.08. The van der Waals surface area contributed by atoms with Gasteiger partial charge in [0, 0.05) is 17.8 Å². The fourth-order valence-electron chi connectivity index (χ4n) is 1.67. The number of aryl methyl sites for hydroxylation is 2. The third kappa shape index (κ3) is 4.00. The molecule has 0 radical (unpaired) electrons. The Morgan fingerprint density at radius 3 is 2.65 bits per heavy atom. The van der Waals surface area contributed by atoms with E-state index in [2.05, 4.69) is 44.1 Å². The van der Waals surface area contributed by atoms with E-state index in [9.17, 15) is 0 Å². The summed E-state index contributed by atoms with van der Waals surface area (Å²) in [5, 5.41) is 3.34. The van der Waals surface area contributed by atoms with Gasteiger partial charge in [0.25, 0.3) is 0 Å². The molecule has 3 heteroatoms. The molecule has 1 atom stereocenters. The highest BCUT2D eigenvalue weighted by Crippen LogP contribution is 2.22. The van der Waals surface area contributed by atoms with Crippen LogP contribution >= 0.6 is 0 Å². The average molecular weight is 236 g/mol. The van der Waals surface area contributed by atoms with Gasteiger partial charge in [-0.1, -0.05) is 13.8 Å². The summed E-state index contributed by atoms with van der Waals surface area (Å²) in [7, 11) is 0. The van der Waals surface area contributed by atoms with Crippen molar-refractivity contribution >= 4 is 0 Å². The molecule has 1 aromatic heterocycles. The van der Waals surface area contributed by atoms with Crippen molar-refractivity contribution in [3.05, 3.63) is 22.9 Å². The third-order valence-corrected chi connectivity index (χ3v) is 2.88. The fourth-order valence-corrected chi connectivity index (χ4v) is 1.67. The second-order valence-corrected chi connectivity index (χ2v) is 4.48. The summed E-state index contributed by atoms with van der Waals surface area (Å²) < 4.78 is 5.90. The SMILES string of the molecule is CCNCc1c(C)cc(C)nc1OC(C)CC. The molecule has 0 aliphatic carbocycles. The number of nitrogens with zero attached hydrogens (tertiary/aromatic N) is 1. The van der Waals surface area contributed by atoms with Crippen LogP contribution in [0.15, 0.2) is 6.07 Å². The molecule has 1 rings (SSSR count). The maximum Gasteiger partial charge on any atom is 0.218 e. The van der Waals surface area contributed by atoms with E-state index in [4.69, 9.17) is 4.74 Å². The number of pyridine rings is 1. The highest BCUT2D eigenvalue weighted by Gasteiger charge is 2.12. The molecule has 1 heterocycles. The van der Waals surface area contributed by atoms with Gasteiger partial charge >= 0.3 is 0 Å². The lowest BCUT2D eigenvalue weighted by Crippen LogP contribution is -2.18. The van der Waals surface area contributed by atoms with Gasteiger partial charge < -0.3 is 10.1 Å².